The van der Waals surface area contributed by atoms with Gasteiger partial charge in [0.05, 0.1) is 4.90 Å². The van der Waals surface area contributed by atoms with Gasteiger partial charge in [-0.1, -0.05) is 6.07 Å². The van der Waals surface area contributed by atoms with Crippen molar-refractivity contribution >= 4 is 37.6 Å². The van der Waals surface area contributed by atoms with Crippen molar-refractivity contribution < 1.29 is 13.2 Å². The molecule has 0 saturated carbocycles. The fourth-order valence-corrected chi connectivity index (χ4v) is 5.13. The molecule has 118 valence electrons. The Morgan fingerprint density at radius 3 is 2.62 bits per heavy atom. The van der Waals surface area contributed by atoms with Crippen LogP contribution < -0.4 is 0 Å². The molecule has 1 saturated heterocycles. The molecule has 0 spiro atoms. The van der Waals surface area contributed by atoms with E-state index in [4.69, 9.17) is 16.3 Å². The maximum atomic E-state index is 12.8. The number of nitrogens with zero attached hydrogens (tertiary/aromatic N) is 1. The van der Waals surface area contributed by atoms with Gasteiger partial charge >= 0.3 is 0 Å². The van der Waals surface area contributed by atoms with Gasteiger partial charge in [0.1, 0.15) is 0 Å². The largest absolute Gasteiger partial charge is 0.384 e. The van der Waals surface area contributed by atoms with Crippen molar-refractivity contribution in [3.63, 3.8) is 0 Å². The summed E-state index contributed by atoms with van der Waals surface area (Å²) in [5.74, 6) is 0.741. The van der Waals surface area contributed by atoms with Crippen LogP contribution in [0.5, 0.6) is 0 Å². The minimum absolute atomic E-state index is 0.297. The Morgan fingerprint density at radius 2 is 2.05 bits per heavy atom. The summed E-state index contributed by atoms with van der Waals surface area (Å²) < 4.78 is 32.8. The van der Waals surface area contributed by atoms with Crippen LogP contribution in [-0.2, 0) is 20.6 Å². The summed E-state index contributed by atoms with van der Waals surface area (Å²) in [7, 11) is -1.80. The van der Waals surface area contributed by atoms with E-state index in [-0.39, 0.29) is 0 Å². The Morgan fingerprint density at radius 1 is 1.38 bits per heavy atom. The molecule has 0 aromatic heterocycles. The lowest BCUT2D eigenvalue weighted by Crippen LogP contribution is -2.39. The summed E-state index contributed by atoms with van der Waals surface area (Å²) in [6.07, 6.45) is 1.67. The number of hydrogen-bond acceptors (Lipinski definition) is 3. The van der Waals surface area contributed by atoms with Crippen LogP contribution in [0.1, 0.15) is 18.4 Å². The number of sulfonamides is 1. The Balaban J connectivity index is 2.19. The van der Waals surface area contributed by atoms with Crippen LogP contribution in [0.15, 0.2) is 27.6 Å². The van der Waals surface area contributed by atoms with Crippen LogP contribution in [0.25, 0.3) is 0 Å². The van der Waals surface area contributed by atoms with Crippen molar-refractivity contribution in [1.82, 2.24) is 4.31 Å². The predicted molar refractivity (Wildman–Crippen MR) is 87.1 cm³/mol. The maximum absolute atomic E-state index is 12.8. The van der Waals surface area contributed by atoms with Crippen molar-refractivity contribution in [1.29, 1.82) is 0 Å². The van der Waals surface area contributed by atoms with Crippen LogP contribution in [0.4, 0.5) is 0 Å². The van der Waals surface area contributed by atoms with E-state index >= 15 is 0 Å². The highest BCUT2D eigenvalue weighted by molar-refractivity contribution is 9.10. The van der Waals surface area contributed by atoms with Gasteiger partial charge in [0.15, 0.2) is 0 Å². The Labute approximate surface area is 139 Å². The number of rotatable bonds is 5. The summed E-state index contributed by atoms with van der Waals surface area (Å²) in [4.78, 5) is 0.297. The van der Waals surface area contributed by atoms with Gasteiger partial charge in [-0.2, -0.15) is 4.31 Å². The quantitative estimate of drug-likeness (QED) is 0.718. The van der Waals surface area contributed by atoms with Gasteiger partial charge < -0.3 is 4.74 Å². The van der Waals surface area contributed by atoms with Crippen molar-refractivity contribution in [2.45, 2.75) is 23.6 Å². The molecule has 1 fully saturated rings. The third-order valence-corrected chi connectivity index (χ3v) is 6.94. The molecule has 1 aromatic carbocycles. The minimum atomic E-state index is -3.48. The van der Waals surface area contributed by atoms with E-state index in [1.54, 1.807) is 23.5 Å². The van der Waals surface area contributed by atoms with Gasteiger partial charge in [-0.3, -0.25) is 0 Å². The third-order valence-electron chi connectivity index (χ3n) is 3.74. The van der Waals surface area contributed by atoms with Crippen LogP contribution in [0.3, 0.4) is 0 Å². The van der Waals surface area contributed by atoms with E-state index < -0.39 is 10.0 Å². The number of piperidine rings is 1. The van der Waals surface area contributed by atoms with Crippen LogP contribution in [-0.4, -0.2) is 39.5 Å². The first-order chi connectivity index (χ1) is 9.98. The summed E-state index contributed by atoms with van der Waals surface area (Å²) >= 11 is 9.13. The molecular formula is C14H19BrClNO3S. The highest BCUT2D eigenvalue weighted by atomic mass is 79.9. The van der Waals surface area contributed by atoms with E-state index in [0.717, 1.165) is 18.4 Å². The lowest BCUT2D eigenvalue weighted by molar-refractivity contribution is 0.121. The van der Waals surface area contributed by atoms with Crippen LogP contribution in [0, 0.1) is 5.92 Å². The summed E-state index contributed by atoms with van der Waals surface area (Å²) in [5, 5.41) is 0. The number of hydrogen-bond donors (Lipinski definition) is 0. The van der Waals surface area contributed by atoms with Crippen molar-refractivity contribution in [2.75, 3.05) is 26.8 Å². The van der Waals surface area contributed by atoms with Gasteiger partial charge in [-0.25, -0.2) is 8.42 Å². The molecule has 2 rings (SSSR count). The topological polar surface area (TPSA) is 46.6 Å². The van der Waals surface area contributed by atoms with Crippen LogP contribution >= 0.6 is 27.5 Å². The summed E-state index contributed by atoms with van der Waals surface area (Å²) in [6.45, 7) is 1.77. The first-order valence-electron chi connectivity index (χ1n) is 6.82. The normalized spacial score (nSPS) is 18.0. The summed E-state index contributed by atoms with van der Waals surface area (Å²) in [6, 6.07) is 5.21. The second-order valence-electron chi connectivity index (χ2n) is 5.20. The maximum Gasteiger partial charge on any atom is 0.244 e. The molecule has 4 nitrogen and oxygen atoms in total. The molecule has 0 atom stereocenters. The monoisotopic (exact) mass is 395 g/mol. The average Bonchev–Trinajstić information content (AvgIpc) is 2.48. The van der Waals surface area contributed by atoms with Gasteiger partial charge in [-0.05, 0) is 52.4 Å². The molecule has 1 heterocycles. The number of methoxy groups -OCH3 is 1. The predicted octanol–water partition coefficient (Wildman–Crippen LogP) is 3.24. The molecule has 0 radical (unpaired) electrons. The molecule has 21 heavy (non-hydrogen) atoms. The molecule has 0 N–H and O–H groups in total. The van der Waals surface area contributed by atoms with E-state index in [9.17, 15) is 8.42 Å². The first kappa shape index (κ1) is 17.2. The lowest BCUT2D eigenvalue weighted by Gasteiger charge is -2.31. The molecule has 0 aliphatic carbocycles. The minimum Gasteiger partial charge on any atom is -0.384 e. The smallest absolute Gasteiger partial charge is 0.244 e. The van der Waals surface area contributed by atoms with Gasteiger partial charge in [0.2, 0.25) is 10.0 Å². The highest BCUT2D eigenvalue weighted by Gasteiger charge is 2.30. The zero-order chi connectivity index (χ0) is 15.5. The number of benzene rings is 1. The second kappa shape index (κ2) is 7.42. The fraction of sp³-hybridized carbons (Fsp3) is 0.571. The zero-order valence-corrected chi connectivity index (χ0v) is 15.0. The van der Waals surface area contributed by atoms with Crippen molar-refractivity contribution in [2.24, 2.45) is 5.92 Å². The van der Waals surface area contributed by atoms with Gasteiger partial charge in [0, 0.05) is 37.2 Å². The number of halogens is 2. The van der Waals surface area contributed by atoms with E-state index in [1.807, 2.05) is 6.07 Å². The SMILES string of the molecule is COCC1CCN(S(=O)(=O)c2cc(CCl)ccc2Br)CC1. The zero-order valence-electron chi connectivity index (χ0n) is 11.9. The lowest BCUT2D eigenvalue weighted by atomic mass is 9.99. The fourth-order valence-electron chi connectivity index (χ4n) is 2.52. The molecule has 0 unspecified atom stereocenters. The van der Waals surface area contributed by atoms with Crippen molar-refractivity contribution in [3.05, 3.63) is 28.2 Å². The van der Waals surface area contributed by atoms with Gasteiger partial charge in [0.25, 0.3) is 0 Å². The van der Waals surface area contributed by atoms with Crippen LogP contribution in [0.2, 0.25) is 0 Å². The number of ether oxygens (including phenoxy) is 1. The molecule has 1 aliphatic rings. The molecular weight excluding hydrogens is 378 g/mol. The molecule has 7 heteroatoms. The molecule has 0 amide bonds. The summed E-state index contributed by atoms with van der Waals surface area (Å²) in [5.41, 5.74) is 0.799. The molecule has 0 bridgehead atoms. The Kier molecular flexibility index (Phi) is 6.08. The van der Waals surface area contributed by atoms with E-state index in [2.05, 4.69) is 15.9 Å². The first-order valence-corrected chi connectivity index (χ1v) is 9.59. The molecule has 1 aliphatic heterocycles. The van der Waals surface area contributed by atoms with E-state index in [1.165, 1.54) is 0 Å². The highest BCUT2D eigenvalue weighted by Crippen LogP contribution is 2.29. The Bertz CT molecular complexity index is 586. The number of alkyl halides is 1. The average molecular weight is 397 g/mol. The standard InChI is InChI=1S/C14H19BrClNO3S/c1-20-10-11-4-6-17(7-5-11)21(18,19)14-8-12(9-16)2-3-13(14)15/h2-3,8,11H,4-7,9-10H2,1H3. The van der Waals surface area contributed by atoms with E-state index in [0.29, 0.717) is 40.9 Å². The van der Waals surface area contributed by atoms with Gasteiger partial charge in [-0.15, -0.1) is 11.6 Å². The van der Waals surface area contributed by atoms with Crippen molar-refractivity contribution in [3.8, 4) is 0 Å². The Hall–Kier alpha value is -0.140. The third kappa shape index (κ3) is 3.99. The molecule has 1 aromatic rings. The second-order valence-corrected chi connectivity index (χ2v) is 8.23.